The van der Waals surface area contributed by atoms with E-state index in [1.165, 1.54) is 13.3 Å². The molecular weight excluding hydrogens is 372 g/mol. The fraction of sp³-hybridized carbons (Fsp3) is 0.476. The summed E-state index contributed by atoms with van der Waals surface area (Å²) >= 11 is 0. The van der Waals surface area contributed by atoms with E-state index in [4.69, 9.17) is 24.2 Å². The van der Waals surface area contributed by atoms with Crippen molar-refractivity contribution in [1.82, 2.24) is 14.9 Å². The highest BCUT2D eigenvalue weighted by Crippen LogP contribution is 2.32. The van der Waals surface area contributed by atoms with Crippen LogP contribution in [-0.4, -0.2) is 54.4 Å². The molecule has 0 N–H and O–H groups in total. The monoisotopic (exact) mass is 396 g/mol. The van der Waals surface area contributed by atoms with Crippen molar-refractivity contribution >= 4 is 0 Å². The minimum Gasteiger partial charge on any atom is -0.495 e. The van der Waals surface area contributed by atoms with Crippen LogP contribution in [0.3, 0.4) is 0 Å². The molecule has 1 unspecified atom stereocenters. The van der Waals surface area contributed by atoms with E-state index in [0.29, 0.717) is 42.0 Å². The van der Waals surface area contributed by atoms with E-state index < -0.39 is 0 Å². The van der Waals surface area contributed by atoms with Crippen LogP contribution in [0.1, 0.15) is 37.1 Å². The summed E-state index contributed by atoms with van der Waals surface area (Å²) < 4.78 is 22.4. The Balaban J connectivity index is 1.35. The number of nitrogens with zero attached hydrogens (tertiary/aromatic N) is 4. The first-order valence-electron chi connectivity index (χ1n) is 9.79. The third kappa shape index (κ3) is 4.20. The molecule has 1 fully saturated rings. The van der Waals surface area contributed by atoms with Crippen molar-refractivity contribution in [3.05, 3.63) is 35.7 Å². The molecular formula is C21H24N4O4. The van der Waals surface area contributed by atoms with Crippen LogP contribution in [0, 0.1) is 11.3 Å². The Morgan fingerprint density at radius 3 is 2.79 bits per heavy atom. The number of likely N-dealkylation sites (tertiary alicyclic amines) is 1. The van der Waals surface area contributed by atoms with Gasteiger partial charge in [0, 0.05) is 25.2 Å². The molecule has 4 rings (SSSR count). The van der Waals surface area contributed by atoms with E-state index in [-0.39, 0.29) is 12.1 Å². The summed E-state index contributed by atoms with van der Waals surface area (Å²) in [6.07, 6.45) is 3.34. The Labute approximate surface area is 170 Å². The Bertz CT molecular complexity index is 906. The van der Waals surface area contributed by atoms with Gasteiger partial charge >= 0.3 is 0 Å². The van der Waals surface area contributed by atoms with Crippen LogP contribution in [0.15, 0.2) is 24.4 Å². The molecule has 0 amide bonds. The molecule has 0 radical (unpaired) electrons. The molecule has 0 spiro atoms. The van der Waals surface area contributed by atoms with Crippen molar-refractivity contribution < 1.29 is 18.9 Å². The molecule has 0 aromatic carbocycles. The Kier molecular flexibility index (Phi) is 5.67. The van der Waals surface area contributed by atoms with Crippen molar-refractivity contribution in [3.63, 3.8) is 0 Å². The van der Waals surface area contributed by atoms with Crippen LogP contribution >= 0.6 is 0 Å². The predicted octanol–water partition coefficient (Wildman–Crippen LogP) is 2.73. The maximum atomic E-state index is 9.07. The molecule has 0 saturated carbocycles. The number of piperidine rings is 1. The van der Waals surface area contributed by atoms with Crippen LogP contribution in [0.5, 0.6) is 23.3 Å². The molecule has 2 aromatic rings. The number of aromatic nitrogens is 2. The maximum absolute atomic E-state index is 9.07. The lowest BCUT2D eigenvalue weighted by Crippen LogP contribution is -2.40. The quantitative estimate of drug-likeness (QED) is 0.762. The minimum absolute atomic E-state index is 0.0804. The van der Waals surface area contributed by atoms with Crippen molar-refractivity contribution in [3.8, 4) is 29.3 Å². The zero-order valence-electron chi connectivity index (χ0n) is 16.6. The van der Waals surface area contributed by atoms with Gasteiger partial charge in [-0.1, -0.05) is 0 Å². The number of pyridine rings is 2. The van der Waals surface area contributed by atoms with Gasteiger partial charge in [-0.15, -0.1) is 0 Å². The average Bonchev–Trinajstić information content (AvgIpc) is 2.78. The highest BCUT2D eigenvalue weighted by molar-refractivity contribution is 5.43. The fourth-order valence-corrected chi connectivity index (χ4v) is 3.65. The molecule has 2 aliphatic heterocycles. The summed E-state index contributed by atoms with van der Waals surface area (Å²) in [5, 5.41) is 9.07. The summed E-state index contributed by atoms with van der Waals surface area (Å²) in [5.74, 6) is 2.26. The summed E-state index contributed by atoms with van der Waals surface area (Å²) in [7, 11) is 1.53. The first kappa shape index (κ1) is 19.3. The number of methoxy groups -OCH3 is 1. The van der Waals surface area contributed by atoms with Gasteiger partial charge in [-0.25, -0.2) is 9.97 Å². The largest absolute Gasteiger partial charge is 0.495 e. The van der Waals surface area contributed by atoms with Gasteiger partial charge in [-0.05, 0) is 31.9 Å². The third-order valence-corrected chi connectivity index (χ3v) is 5.35. The second-order valence-corrected chi connectivity index (χ2v) is 7.10. The average molecular weight is 396 g/mol. The second-order valence-electron chi connectivity index (χ2n) is 7.10. The molecule has 2 aromatic heterocycles. The van der Waals surface area contributed by atoms with Crippen molar-refractivity contribution in [2.24, 2.45) is 0 Å². The summed E-state index contributed by atoms with van der Waals surface area (Å²) in [6.45, 7) is 5.06. The van der Waals surface area contributed by atoms with Crippen molar-refractivity contribution in [2.75, 3.05) is 33.4 Å². The molecule has 8 heteroatoms. The number of rotatable bonds is 5. The van der Waals surface area contributed by atoms with Gasteiger partial charge in [0.1, 0.15) is 36.7 Å². The molecule has 1 saturated heterocycles. The number of ether oxygens (including phenoxy) is 4. The van der Waals surface area contributed by atoms with Gasteiger partial charge < -0.3 is 18.9 Å². The minimum atomic E-state index is 0.0804. The first-order chi connectivity index (χ1) is 14.2. The van der Waals surface area contributed by atoms with E-state index in [9.17, 15) is 0 Å². The number of nitriles is 1. The van der Waals surface area contributed by atoms with Gasteiger partial charge in [0.05, 0.1) is 19.0 Å². The summed E-state index contributed by atoms with van der Waals surface area (Å²) in [4.78, 5) is 11.3. The Hall–Kier alpha value is -3.05. The number of hydrogen-bond donors (Lipinski definition) is 0. The van der Waals surface area contributed by atoms with Crippen molar-refractivity contribution in [2.45, 2.75) is 31.9 Å². The molecule has 4 heterocycles. The molecule has 152 valence electrons. The zero-order chi connectivity index (χ0) is 20.2. The van der Waals surface area contributed by atoms with Gasteiger partial charge in [0.15, 0.2) is 5.75 Å². The molecule has 8 nitrogen and oxygen atoms in total. The topological polar surface area (TPSA) is 89.7 Å². The molecule has 1 atom stereocenters. The van der Waals surface area contributed by atoms with Gasteiger partial charge in [-0.3, -0.25) is 4.90 Å². The lowest BCUT2D eigenvalue weighted by molar-refractivity contribution is 0.0751. The predicted molar refractivity (Wildman–Crippen MR) is 104 cm³/mol. The molecule has 29 heavy (non-hydrogen) atoms. The van der Waals surface area contributed by atoms with E-state index in [1.54, 1.807) is 6.07 Å². The highest BCUT2D eigenvalue weighted by Gasteiger charge is 2.27. The molecule has 0 bridgehead atoms. The maximum Gasteiger partial charge on any atom is 0.257 e. The smallest absolute Gasteiger partial charge is 0.257 e. The van der Waals surface area contributed by atoms with Gasteiger partial charge in [0.25, 0.3) is 5.88 Å². The van der Waals surface area contributed by atoms with Crippen LogP contribution in [0.4, 0.5) is 0 Å². The van der Waals surface area contributed by atoms with E-state index in [2.05, 4.69) is 27.9 Å². The van der Waals surface area contributed by atoms with Crippen LogP contribution in [-0.2, 0) is 0 Å². The number of hydrogen-bond acceptors (Lipinski definition) is 8. The summed E-state index contributed by atoms with van der Waals surface area (Å²) in [5.41, 5.74) is 1.38. The van der Waals surface area contributed by atoms with Gasteiger partial charge in [0.2, 0.25) is 5.88 Å². The molecule has 2 aliphatic rings. The van der Waals surface area contributed by atoms with Gasteiger partial charge in [-0.2, -0.15) is 5.26 Å². The number of fused-ring (bicyclic) bond motifs is 1. The molecule has 0 aliphatic carbocycles. The van der Waals surface area contributed by atoms with Crippen LogP contribution < -0.4 is 18.9 Å². The van der Waals surface area contributed by atoms with Crippen molar-refractivity contribution in [1.29, 1.82) is 5.26 Å². The first-order valence-corrected chi connectivity index (χ1v) is 9.79. The lowest BCUT2D eigenvalue weighted by atomic mass is 10.0. The zero-order valence-corrected chi connectivity index (χ0v) is 16.6. The highest BCUT2D eigenvalue weighted by atomic mass is 16.6. The van der Waals surface area contributed by atoms with E-state index in [1.807, 2.05) is 12.1 Å². The Morgan fingerprint density at radius 1 is 1.24 bits per heavy atom. The fourth-order valence-electron chi connectivity index (χ4n) is 3.65. The lowest BCUT2D eigenvalue weighted by Gasteiger charge is -2.35. The standard InChI is InChI=1S/C21H24N4O4/c1-14(17-3-4-18-21(24-17)28-10-9-27-18)25-7-5-16(6-8-25)29-20-11-19(26-2)15(12-22)13-23-20/h3-4,11,13-14,16H,5-10H2,1-2H3. The normalized spacial score (nSPS) is 18.0. The third-order valence-electron chi connectivity index (χ3n) is 5.35. The Morgan fingerprint density at radius 2 is 2.03 bits per heavy atom. The van der Waals surface area contributed by atoms with E-state index >= 15 is 0 Å². The second kappa shape index (κ2) is 8.53. The summed E-state index contributed by atoms with van der Waals surface area (Å²) in [6, 6.07) is 7.86. The van der Waals surface area contributed by atoms with Crippen LogP contribution in [0.25, 0.3) is 0 Å². The van der Waals surface area contributed by atoms with Crippen LogP contribution in [0.2, 0.25) is 0 Å². The SMILES string of the molecule is COc1cc(OC2CCN(C(C)c3ccc4c(n3)OCCO4)CC2)ncc1C#N. The van der Waals surface area contributed by atoms with E-state index in [0.717, 1.165) is 31.6 Å².